The topological polar surface area (TPSA) is 29.5 Å². The predicted octanol–water partition coefficient (Wildman–Crippen LogP) is 3.66. The highest BCUT2D eigenvalue weighted by atomic mass is 79.9. The molecule has 3 nitrogen and oxygen atoms in total. The molecule has 3 rings (SSSR count). The van der Waals surface area contributed by atoms with Crippen molar-refractivity contribution in [3.05, 3.63) is 58.1 Å². The van der Waals surface area contributed by atoms with E-state index in [0.29, 0.717) is 6.54 Å². The molecular weight excluding hydrogens is 318 g/mol. The Hall–Kier alpha value is -1.81. The van der Waals surface area contributed by atoms with Gasteiger partial charge in [-0.25, -0.2) is 0 Å². The first-order valence-electron chi connectivity index (χ1n) is 6.44. The molecule has 0 aliphatic carbocycles. The number of fused-ring (bicyclic) bond motifs is 1. The van der Waals surface area contributed by atoms with Gasteiger partial charge in [-0.3, -0.25) is 4.79 Å². The Balaban J connectivity index is 2.03. The fraction of sp³-hybridized carbons (Fsp3) is 0.188. The highest BCUT2D eigenvalue weighted by Gasteiger charge is 2.26. The summed E-state index contributed by atoms with van der Waals surface area (Å²) in [5.41, 5.74) is 2.75. The number of ether oxygens (including phenoxy) is 1. The number of amides is 1. The lowest BCUT2D eigenvalue weighted by Gasteiger charge is -2.29. The van der Waals surface area contributed by atoms with E-state index in [-0.39, 0.29) is 5.91 Å². The average molecular weight is 332 g/mol. The van der Waals surface area contributed by atoms with Crippen LogP contribution < -0.4 is 9.64 Å². The van der Waals surface area contributed by atoms with Gasteiger partial charge in [0, 0.05) is 22.6 Å². The van der Waals surface area contributed by atoms with Gasteiger partial charge in [0.05, 0.1) is 12.8 Å². The van der Waals surface area contributed by atoms with E-state index >= 15 is 0 Å². The van der Waals surface area contributed by atoms with Crippen molar-refractivity contribution in [2.24, 2.45) is 0 Å². The molecule has 0 saturated carbocycles. The van der Waals surface area contributed by atoms with E-state index in [1.807, 2.05) is 42.5 Å². The van der Waals surface area contributed by atoms with E-state index in [1.54, 1.807) is 12.0 Å². The normalized spacial score (nSPS) is 14.1. The van der Waals surface area contributed by atoms with Crippen LogP contribution in [0.25, 0.3) is 0 Å². The second-order valence-corrected chi connectivity index (χ2v) is 5.54. The molecule has 2 aromatic rings. The van der Waals surface area contributed by atoms with E-state index in [1.165, 1.54) is 0 Å². The molecule has 0 unspecified atom stereocenters. The standard InChI is InChI=1S/C16H14BrNO2/c1-20-12-6-7-14(17)15(10-12)18-9-8-11-4-2-3-5-13(11)16(18)19/h2-7,10H,8-9H2,1H3. The number of hydrogen-bond acceptors (Lipinski definition) is 2. The number of rotatable bonds is 2. The van der Waals surface area contributed by atoms with Crippen molar-refractivity contribution in [2.45, 2.75) is 6.42 Å². The minimum Gasteiger partial charge on any atom is -0.497 e. The third-order valence-electron chi connectivity index (χ3n) is 3.54. The van der Waals surface area contributed by atoms with E-state index in [2.05, 4.69) is 15.9 Å². The van der Waals surface area contributed by atoms with Gasteiger partial charge in [-0.1, -0.05) is 18.2 Å². The van der Waals surface area contributed by atoms with Gasteiger partial charge in [0.1, 0.15) is 5.75 Å². The first-order chi connectivity index (χ1) is 9.70. The number of nitrogens with zero attached hydrogens (tertiary/aromatic N) is 1. The molecule has 0 fully saturated rings. The van der Waals surface area contributed by atoms with Crippen LogP contribution in [0.2, 0.25) is 0 Å². The Morgan fingerprint density at radius 1 is 1.20 bits per heavy atom. The second kappa shape index (κ2) is 5.29. The van der Waals surface area contributed by atoms with Crippen LogP contribution >= 0.6 is 15.9 Å². The van der Waals surface area contributed by atoms with Gasteiger partial charge >= 0.3 is 0 Å². The predicted molar refractivity (Wildman–Crippen MR) is 82.5 cm³/mol. The summed E-state index contributed by atoms with van der Waals surface area (Å²) in [5.74, 6) is 0.788. The van der Waals surface area contributed by atoms with Crippen LogP contribution in [0.1, 0.15) is 15.9 Å². The summed E-state index contributed by atoms with van der Waals surface area (Å²) in [5, 5.41) is 0. The minimum atomic E-state index is 0.0424. The highest BCUT2D eigenvalue weighted by molar-refractivity contribution is 9.10. The monoisotopic (exact) mass is 331 g/mol. The number of carbonyl (C=O) groups excluding carboxylic acids is 1. The van der Waals surface area contributed by atoms with Crippen molar-refractivity contribution in [1.82, 2.24) is 0 Å². The number of methoxy groups -OCH3 is 1. The van der Waals surface area contributed by atoms with E-state index in [9.17, 15) is 4.79 Å². The van der Waals surface area contributed by atoms with E-state index < -0.39 is 0 Å². The van der Waals surface area contributed by atoms with E-state index in [0.717, 1.165) is 33.5 Å². The van der Waals surface area contributed by atoms with Gasteiger partial charge in [-0.2, -0.15) is 0 Å². The van der Waals surface area contributed by atoms with Crippen molar-refractivity contribution < 1.29 is 9.53 Å². The Bertz CT molecular complexity index is 669. The summed E-state index contributed by atoms with van der Waals surface area (Å²) >= 11 is 3.51. The minimum absolute atomic E-state index is 0.0424. The van der Waals surface area contributed by atoms with Gasteiger partial charge in [0.25, 0.3) is 5.91 Å². The van der Waals surface area contributed by atoms with Crippen molar-refractivity contribution in [3.8, 4) is 5.75 Å². The largest absolute Gasteiger partial charge is 0.497 e. The molecule has 4 heteroatoms. The maximum atomic E-state index is 12.6. The number of benzene rings is 2. The molecule has 0 radical (unpaired) electrons. The molecule has 2 aromatic carbocycles. The Kier molecular flexibility index (Phi) is 3.49. The fourth-order valence-corrected chi connectivity index (χ4v) is 2.94. The third kappa shape index (κ3) is 2.20. The molecular formula is C16H14BrNO2. The zero-order valence-electron chi connectivity index (χ0n) is 11.1. The number of hydrogen-bond donors (Lipinski definition) is 0. The van der Waals surface area contributed by atoms with Crippen molar-refractivity contribution in [1.29, 1.82) is 0 Å². The lowest BCUT2D eigenvalue weighted by Crippen LogP contribution is -2.37. The van der Waals surface area contributed by atoms with Crippen LogP contribution in [0.3, 0.4) is 0 Å². The molecule has 1 amide bonds. The lowest BCUT2D eigenvalue weighted by atomic mass is 9.98. The molecule has 0 spiro atoms. The van der Waals surface area contributed by atoms with E-state index in [4.69, 9.17) is 4.74 Å². The molecule has 0 aromatic heterocycles. The summed E-state index contributed by atoms with van der Waals surface area (Å²) < 4.78 is 6.14. The Morgan fingerprint density at radius 3 is 2.80 bits per heavy atom. The average Bonchev–Trinajstić information content (AvgIpc) is 2.49. The van der Waals surface area contributed by atoms with Crippen LogP contribution in [0.4, 0.5) is 5.69 Å². The van der Waals surface area contributed by atoms with Crippen LogP contribution in [-0.4, -0.2) is 19.6 Å². The van der Waals surface area contributed by atoms with Crippen LogP contribution in [0, 0.1) is 0 Å². The van der Waals surface area contributed by atoms with Crippen molar-refractivity contribution >= 4 is 27.5 Å². The molecule has 1 aliphatic rings. The lowest BCUT2D eigenvalue weighted by molar-refractivity contribution is 0.0980. The fourth-order valence-electron chi connectivity index (χ4n) is 2.48. The highest BCUT2D eigenvalue weighted by Crippen LogP contribution is 2.33. The molecule has 1 heterocycles. The zero-order valence-corrected chi connectivity index (χ0v) is 12.7. The van der Waals surface area contributed by atoms with Crippen molar-refractivity contribution in [3.63, 3.8) is 0 Å². The molecule has 20 heavy (non-hydrogen) atoms. The molecule has 0 bridgehead atoms. The molecule has 0 N–H and O–H groups in total. The smallest absolute Gasteiger partial charge is 0.258 e. The quantitative estimate of drug-likeness (QED) is 0.840. The van der Waals surface area contributed by atoms with Crippen LogP contribution in [-0.2, 0) is 6.42 Å². The second-order valence-electron chi connectivity index (χ2n) is 4.68. The summed E-state index contributed by atoms with van der Waals surface area (Å²) in [7, 11) is 1.63. The van der Waals surface area contributed by atoms with Gasteiger partial charge < -0.3 is 9.64 Å². The maximum absolute atomic E-state index is 12.6. The maximum Gasteiger partial charge on any atom is 0.258 e. The third-order valence-corrected chi connectivity index (χ3v) is 4.21. The summed E-state index contributed by atoms with van der Waals surface area (Å²) in [6.07, 6.45) is 0.867. The molecule has 0 saturated heterocycles. The van der Waals surface area contributed by atoms with Crippen molar-refractivity contribution in [2.75, 3.05) is 18.6 Å². The summed E-state index contributed by atoms with van der Waals surface area (Å²) in [6, 6.07) is 13.4. The first-order valence-corrected chi connectivity index (χ1v) is 7.23. The zero-order chi connectivity index (χ0) is 14.1. The Morgan fingerprint density at radius 2 is 2.00 bits per heavy atom. The first kappa shape index (κ1) is 13.2. The van der Waals surface area contributed by atoms with Gasteiger partial charge in [0.15, 0.2) is 0 Å². The number of carbonyl (C=O) groups is 1. The molecule has 102 valence electrons. The van der Waals surface area contributed by atoms with Crippen LogP contribution in [0.5, 0.6) is 5.75 Å². The SMILES string of the molecule is COc1ccc(Br)c(N2CCc3ccccc3C2=O)c1. The molecule has 0 atom stereocenters. The van der Waals surface area contributed by atoms with Gasteiger partial charge in [0.2, 0.25) is 0 Å². The number of anilines is 1. The number of halogens is 1. The van der Waals surface area contributed by atoms with Gasteiger partial charge in [-0.05, 0) is 46.1 Å². The van der Waals surface area contributed by atoms with Crippen LogP contribution in [0.15, 0.2) is 46.9 Å². The molecule has 1 aliphatic heterocycles. The summed E-state index contributed by atoms with van der Waals surface area (Å²) in [6.45, 7) is 0.682. The van der Waals surface area contributed by atoms with Gasteiger partial charge in [-0.15, -0.1) is 0 Å². The summed E-state index contributed by atoms with van der Waals surface area (Å²) in [4.78, 5) is 14.4. The Labute approximate surface area is 126 Å².